The Bertz CT molecular complexity index is 2480. The fraction of sp³-hybridized carbons (Fsp3) is 0.603. The lowest BCUT2D eigenvalue weighted by atomic mass is 9.92. The zero-order valence-electron chi connectivity index (χ0n) is 47.7. The van der Waals surface area contributed by atoms with Gasteiger partial charge in [0.1, 0.15) is 67.2 Å². The molecule has 3 aromatic rings. The third-order valence-electron chi connectivity index (χ3n) is 13.9. The maximum Gasteiger partial charge on any atom is 0.338 e. The van der Waals surface area contributed by atoms with Gasteiger partial charge in [0.05, 0.1) is 44.7 Å². The van der Waals surface area contributed by atoms with Gasteiger partial charge in [0.25, 0.3) is 5.91 Å². The number of benzene rings is 3. The first-order valence-electron chi connectivity index (χ1n) is 28.4. The highest BCUT2D eigenvalue weighted by Crippen LogP contribution is 2.37. The molecule has 4 amide bonds. The lowest BCUT2D eigenvalue weighted by Gasteiger charge is -2.51. The molecule has 0 bridgehead atoms. The van der Waals surface area contributed by atoms with Gasteiger partial charge in [-0.1, -0.05) is 67.4 Å². The Kier molecular flexibility index (Phi) is 29.9. The number of ether oxygens (including phenoxy) is 8. The number of esters is 1. The van der Waals surface area contributed by atoms with E-state index in [0.29, 0.717) is 62.9 Å². The molecule has 2 aliphatic rings. The van der Waals surface area contributed by atoms with E-state index < -0.39 is 124 Å². The standard InChI is InChI=1S/C58H84N4O23/c1-35(67)43(30-64)81-55(42(69)29-63)84-52-50(73)44(31-65)82-57(51(52)74)85-58(77)45(32-66)83-56(49(53(58)75)62-36(2)68)78-27-13-26-60-47(71)19-8-4-10-24-59-46(70)18-9-5-11-25-61-48(72)34-79-41-22-20-38(21-23-41)39-16-12-17-40(28-39)54(76)80-33-37-14-6-3-7-15-37/h3,6-7,12,14-17,20-23,28,35,42-45,49-53,55-57,63-67,69,73-75,77H,4-5,8-11,13,18-19,24-27,29-34H2,1-2H3,(H,59,70)(H,60,71)(H,61,72)(H,62,68)/t35-,42+,43?,44?,45?,49?,50?,51?,52?,53+,55?,56?,57?,58?/m1/s1. The van der Waals surface area contributed by atoms with Crippen LogP contribution in [0, 0.1) is 0 Å². The number of unbranched alkanes of at least 4 members (excludes halogenated alkanes) is 4. The van der Waals surface area contributed by atoms with Gasteiger partial charge in [0.2, 0.25) is 23.5 Å². The van der Waals surface area contributed by atoms with Crippen molar-refractivity contribution in [2.75, 3.05) is 59.3 Å². The molecule has 2 saturated heterocycles. The second kappa shape index (κ2) is 36.3. The number of nitrogens with one attached hydrogen (secondary N) is 4. The highest BCUT2D eigenvalue weighted by molar-refractivity contribution is 5.91. The molecule has 2 aliphatic heterocycles. The Balaban J connectivity index is 0.920. The molecule has 0 radical (unpaired) electrons. The second-order valence-corrected chi connectivity index (χ2v) is 20.6. The number of carbonyl (C=O) groups is 5. The van der Waals surface area contributed by atoms with Crippen molar-refractivity contribution in [3.05, 3.63) is 90.0 Å². The molecule has 474 valence electrons. The van der Waals surface area contributed by atoms with Crippen molar-refractivity contribution in [3.8, 4) is 16.9 Å². The third-order valence-corrected chi connectivity index (χ3v) is 13.9. The normalized spacial score (nSPS) is 24.5. The predicted molar refractivity (Wildman–Crippen MR) is 298 cm³/mol. The number of hydrogen-bond donors (Lipinski definition) is 14. The summed E-state index contributed by atoms with van der Waals surface area (Å²) in [5.74, 6) is -4.27. The largest absolute Gasteiger partial charge is 0.484 e. The van der Waals surface area contributed by atoms with E-state index in [0.717, 1.165) is 30.0 Å². The smallest absolute Gasteiger partial charge is 0.338 e. The van der Waals surface area contributed by atoms with E-state index in [4.69, 9.17) is 37.9 Å². The van der Waals surface area contributed by atoms with Crippen molar-refractivity contribution in [1.82, 2.24) is 21.3 Å². The highest BCUT2D eigenvalue weighted by Gasteiger charge is 2.60. The van der Waals surface area contributed by atoms with Crippen molar-refractivity contribution in [2.24, 2.45) is 0 Å². The van der Waals surface area contributed by atoms with Gasteiger partial charge in [-0.2, -0.15) is 0 Å². The number of hydrogen-bond acceptors (Lipinski definition) is 23. The first kappa shape index (κ1) is 69.9. The van der Waals surface area contributed by atoms with Crippen LogP contribution in [0.15, 0.2) is 78.9 Å². The highest BCUT2D eigenvalue weighted by atomic mass is 16.8. The molecule has 27 nitrogen and oxygen atoms in total. The van der Waals surface area contributed by atoms with E-state index >= 15 is 0 Å². The Hall–Kier alpha value is -5.83. The molecule has 2 heterocycles. The van der Waals surface area contributed by atoms with Crippen molar-refractivity contribution < 1.29 is 113 Å². The molecule has 3 aromatic carbocycles. The van der Waals surface area contributed by atoms with Crippen LogP contribution < -0.4 is 26.0 Å². The van der Waals surface area contributed by atoms with E-state index in [-0.39, 0.29) is 56.9 Å². The summed E-state index contributed by atoms with van der Waals surface area (Å²) in [6.45, 7) is -0.536. The van der Waals surface area contributed by atoms with Gasteiger partial charge in [-0.3, -0.25) is 19.2 Å². The fourth-order valence-electron chi connectivity index (χ4n) is 9.10. The molecule has 0 aliphatic carbocycles. The molecule has 0 aromatic heterocycles. The number of rotatable bonds is 37. The minimum absolute atomic E-state index is 0.0923. The predicted octanol–water partition coefficient (Wildman–Crippen LogP) is -1.48. The third kappa shape index (κ3) is 22.1. The summed E-state index contributed by atoms with van der Waals surface area (Å²) in [6.07, 6.45) is -17.2. The summed E-state index contributed by atoms with van der Waals surface area (Å²) in [5.41, 5.74) is 3.02. The van der Waals surface area contributed by atoms with Gasteiger partial charge in [0, 0.05) is 39.4 Å². The average Bonchev–Trinajstić information content (AvgIpc) is 1.45. The molecule has 11 unspecified atom stereocenters. The van der Waals surface area contributed by atoms with Crippen LogP contribution in [0.4, 0.5) is 0 Å². The van der Waals surface area contributed by atoms with Crippen LogP contribution in [0.2, 0.25) is 0 Å². The maximum absolute atomic E-state index is 12.7. The van der Waals surface area contributed by atoms with E-state index in [2.05, 4.69) is 21.3 Å². The second-order valence-electron chi connectivity index (χ2n) is 20.6. The average molecular weight is 1210 g/mol. The Morgan fingerprint density at radius 3 is 1.94 bits per heavy atom. The summed E-state index contributed by atoms with van der Waals surface area (Å²) in [4.78, 5) is 62.3. The van der Waals surface area contributed by atoms with E-state index in [1.807, 2.05) is 48.5 Å². The first-order valence-corrected chi connectivity index (χ1v) is 28.4. The lowest BCUT2D eigenvalue weighted by Crippen LogP contribution is -2.74. The molecule has 14 atom stereocenters. The van der Waals surface area contributed by atoms with Crippen LogP contribution in [0.25, 0.3) is 11.1 Å². The zero-order valence-corrected chi connectivity index (χ0v) is 47.7. The van der Waals surface area contributed by atoms with Crippen LogP contribution in [0.3, 0.4) is 0 Å². The van der Waals surface area contributed by atoms with E-state index in [1.54, 1.807) is 30.3 Å². The first-order chi connectivity index (χ1) is 40.8. The zero-order chi connectivity index (χ0) is 61.9. The van der Waals surface area contributed by atoms with Crippen molar-refractivity contribution in [2.45, 2.75) is 164 Å². The van der Waals surface area contributed by atoms with Crippen molar-refractivity contribution >= 4 is 29.6 Å². The molecule has 5 rings (SSSR count). The molecule has 85 heavy (non-hydrogen) atoms. The van der Waals surface area contributed by atoms with Crippen LogP contribution in [0.1, 0.15) is 87.6 Å². The summed E-state index contributed by atoms with van der Waals surface area (Å²) < 4.78 is 44.8. The Morgan fingerprint density at radius 2 is 1.34 bits per heavy atom. The Morgan fingerprint density at radius 1 is 0.694 bits per heavy atom. The molecule has 27 heteroatoms. The molecular weight excluding hydrogens is 1120 g/mol. The number of carbonyl (C=O) groups excluding carboxylic acids is 5. The lowest BCUT2D eigenvalue weighted by molar-refractivity contribution is -0.434. The summed E-state index contributed by atoms with van der Waals surface area (Å²) in [6, 6.07) is 22.2. The summed E-state index contributed by atoms with van der Waals surface area (Å²) in [7, 11) is 0. The monoisotopic (exact) mass is 1200 g/mol. The number of aliphatic hydroxyl groups excluding tert-OH is 9. The molecule has 0 spiro atoms. The maximum atomic E-state index is 12.7. The van der Waals surface area contributed by atoms with Gasteiger partial charge in [-0.15, -0.1) is 0 Å². The topological polar surface area (TPSA) is 410 Å². The van der Waals surface area contributed by atoms with Crippen LogP contribution in [-0.2, 0) is 58.9 Å². The number of amides is 4. The van der Waals surface area contributed by atoms with Gasteiger partial charge >= 0.3 is 5.97 Å². The summed E-state index contributed by atoms with van der Waals surface area (Å²) in [5, 5.41) is 116. The van der Waals surface area contributed by atoms with Crippen LogP contribution in [-0.4, -0.2) is 226 Å². The van der Waals surface area contributed by atoms with E-state index in [1.165, 1.54) is 6.92 Å². The van der Waals surface area contributed by atoms with Crippen LogP contribution in [0.5, 0.6) is 5.75 Å². The fourth-order valence-corrected chi connectivity index (χ4v) is 9.10. The van der Waals surface area contributed by atoms with E-state index in [9.17, 15) is 75.0 Å². The quantitative estimate of drug-likeness (QED) is 0.0178. The molecule has 0 saturated carbocycles. The van der Waals surface area contributed by atoms with Crippen molar-refractivity contribution in [3.63, 3.8) is 0 Å². The molecule has 14 N–H and O–H groups in total. The minimum atomic E-state index is -3.03. The summed E-state index contributed by atoms with van der Waals surface area (Å²) >= 11 is 0. The number of aliphatic hydroxyl groups is 10. The van der Waals surface area contributed by atoms with Crippen LogP contribution >= 0.6 is 0 Å². The van der Waals surface area contributed by atoms with Gasteiger partial charge < -0.3 is 110 Å². The van der Waals surface area contributed by atoms with Gasteiger partial charge in [-0.05, 0) is 80.0 Å². The van der Waals surface area contributed by atoms with Crippen molar-refractivity contribution in [1.29, 1.82) is 0 Å². The van der Waals surface area contributed by atoms with Gasteiger partial charge in [-0.25, -0.2) is 4.79 Å². The SMILES string of the molecule is CC(=O)NC1C(OCCCNC(=O)CCCCCNC(=O)CCCCCNC(=O)COc2ccc(-c3cccc(C(=O)OCc4ccccc4)c3)cc2)OC(CO)C(O)(OC2OC(CO)C(O)C(OC(OC(CO)[C@@H](C)O)[C@@H](O)CO)C2O)[C@H]1O. The van der Waals surface area contributed by atoms with Gasteiger partial charge in [0.15, 0.2) is 25.5 Å². The molecule has 2 fully saturated rings. The Labute approximate surface area is 492 Å². The molecular formula is C58H84N4O23. The minimum Gasteiger partial charge on any atom is -0.484 e.